The zero-order valence-electron chi connectivity index (χ0n) is 12.6. The second kappa shape index (κ2) is 5.33. The summed E-state index contributed by atoms with van der Waals surface area (Å²) in [6.45, 7) is 2.17. The van der Waals surface area contributed by atoms with Gasteiger partial charge in [0.1, 0.15) is 11.6 Å². The molecule has 0 N–H and O–H groups in total. The summed E-state index contributed by atoms with van der Waals surface area (Å²) in [6, 6.07) is 12.1. The Kier molecular flexibility index (Phi) is 3.18. The molecule has 1 aliphatic heterocycles. The Morgan fingerprint density at radius 1 is 1.05 bits per heavy atom. The van der Waals surface area contributed by atoms with Crippen LogP contribution in [0.5, 0.6) is 5.75 Å². The van der Waals surface area contributed by atoms with Crippen molar-refractivity contribution >= 4 is 11.5 Å². The number of hydrogen-bond acceptors (Lipinski definition) is 4. The van der Waals surface area contributed by atoms with Gasteiger partial charge in [-0.1, -0.05) is 0 Å². The summed E-state index contributed by atoms with van der Waals surface area (Å²) in [4.78, 5) is 7.11. The molecule has 5 nitrogen and oxygen atoms in total. The standard InChI is InChI=1S/C17H18N4O/c1-22-14-6-4-13(5-7-14)15-12-17(20-10-2-3-11-20)21-16(19-15)8-9-18-21/h4-9,12H,2-3,10-11H2,1H3. The Labute approximate surface area is 129 Å². The summed E-state index contributed by atoms with van der Waals surface area (Å²) in [5.41, 5.74) is 2.94. The first-order valence-corrected chi connectivity index (χ1v) is 7.59. The summed E-state index contributed by atoms with van der Waals surface area (Å²) in [6.07, 6.45) is 4.28. The first kappa shape index (κ1) is 13.1. The van der Waals surface area contributed by atoms with Gasteiger partial charge in [-0.05, 0) is 37.1 Å². The average molecular weight is 294 g/mol. The van der Waals surface area contributed by atoms with Crippen LogP contribution in [0, 0.1) is 0 Å². The summed E-state index contributed by atoms with van der Waals surface area (Å²) in [5, 5.41) is 4.42. The molecule has 5 heteroatoms. The number of rotatable bonds is 3. The lowest BCUT2D eigenvalue weighted by Crippen LogP contribution is -2.21. The van der Waals surface area contributed by atoms with E-state index in [-0.39, 0.29) is 0 Å². The molecule has 2 aromatic heterocycles. The molecule has 1 fully saturated rings. The average Bonchev–Trinajstić information content (AvgIpc) is 3.25. The van der Waals surface area contributed by atoms with E-state index < -0.39 is 0 Å². The molecule has 0 radical (unpaired) electrons. The van der Waals surface area contributed by atoms with Crippen LogP contribution in [0.1, 0.15) is 12.8 Å². The molecule has 1 aromatic carbocycles. The van der Waals surface area contributed by atoms with Crippen molar-refractivity contribution in [1.82, 2.24) is 14.6 Å². The first-order chi connectivity index (χ1) is 10.8. The Morgan fingerprint density at radius 3 is 2.55 bits per heavy atom. The summed E-state index contributed by atoms with van der Waals surface area (Å²) < 4.78 is 7.15. The highest BCUT2D eigenvalue weighted by molar-refractivity contribution is 5.67. The number of nitrogens with zero attached hydrogens (tertiary/aromatic N) is 4. The molecular formula is C17H18N4O. The van der Waals surface area contributed by atoms with Crippen LogP contribution in [-0.2, 0) is 0 Å². The SMILES string of the molecule is COc1ccc(-c2cc(N3CCCC3)n3nccc3n2)cc1. The van der Waals surface area contributed by atoms with Gasteiger partial charge in [-0.2, -0.15) is 9.61 Å². The van der Waals surface area contributed by atoms with Crippen LogP contribution in [0.15, 0.2) is 42.6 Å². The minimum Gasteiger partial charge on any atom is -0.497 e. The van der Waals surface area contributed by atoms with Crippen LogP contribution in [0.4, 0.5) is 5.82 Å². The van der Waals surface area contributed by atoms with Gasteiger partial charge in [0.2, 0.25) is 0 Å². The van der Waals surface area contributed by atoms with Crippen LogP contribution < -0.4 is 9.64 Å². The highest BCUT2D eigenvalue weighted by atomic mass is 16.5. The van der Waals surface area contributed by atoms with E-state index in [2.05, 4.69) is 16.1 Å². The Morgan fingerprint density at radius 2 is 1.82 bits per heavy atom. The third-order valence-electron chi connectivity index (χ3n) is 4.16. The van der Waals surface area contributed by atoms with Crippen molar-refractivity contribution in [2.45, 2.75) is 12.8 Å². The molecule has 3 heterocycles. The Hall–Kier alpha value is -2.56. The highest BCUT2D eigenvalue weighted by Crippen LogP contribution is 2.27. The topological polar surface area (TPSA) is 42.7 Å². The maximum atomic E-state index is 5.23. The number of anilines is 1. The number of fused-ring (bicyclic) bond motifs is 1. The highest BCUT2D eigenvalue weighted by Gasteiger charge is 2.17. The molecular weight excluding hydrogens is 276 g/mol. The fraction of sp³-hybridized carbons (Fsp3) is 0.294. The zero-order chi connectivity index (χ0) is 14.9. The van der Waals surface area contributed by atoms with Gasteiger partial charge in [0.25, 0.3) is 0 Å². The second-order valence-corrected chi connectivity index (χ2v) is 5.52. The fourth-order valence-electron chi connectivity index (χ4n) is 2.98. The van der Waals surface area contributed by atoms with E-state index in [4.69, 9.17) is 9.72 Å². The summed E-state index contributed by atoms with van der Waals surface area (Å²) in [7, 11) is 1.68. The third kappa shape index (κ3) is 2.19. The third-order valence-corrected chi connectivity index (χ3v) is 4.16. The monoisotopic (exact) mass is 294 g/mol. The fourth-order valence-corrected chi connectivity index (χ4v) is 2.98. The maximum absolute atomic E-state index is 5.23. The van der Waals surface area contributed by atoms with E-state index in [1.54, 1.807) is 13.3 Å². The second-order valence-electron chi connectivity index (χ2n) is 5.52. The normalized spacial score (nSPS) is 14.7. The van der Waals surface area contributed by atoms with E-state index in [0.29, 0.717) is 0 Å². The maximum Gasteiger partial charge on any atom is 0.157 e. The number of hydrogen-bond donors (Lipinski definition) is 0. The van der Waals surface area contributed by atoms with Gasteiger partial charge in [-0.25, -0.2) is 4.98 Å². The van der Waals surface area contributed by atoms with Gasteiger partial charge < -0.3 is 9.64 Å². The quantitative estimate of drug-likeness (QED) is 0.745. The molecule has 22 heavy (non-hydrogen) atoms. The number of benzene rings is 1. The van der Waals surface area contributed by atoms with Gasteiger partial charge in [0.15, 0.2) is 5.65 Å². The largest absolute Gasteiger partial charge is 0.497 e. The van der Waals surface area contributed by atoms with Gasteiger partial charge in [-0.15, -0.1) is 0 Å². The minimum absolute atomic E-state index is 0.856. The van der Waals surface area contributed by atoms with Gasteiger partial charge in [0.05, 0.1) is 19.0 Å². The number of ether oxygens (including phenoxy) is 1. The predicted octanol–water partition coefficient (Wildman–Crippen LogP) is 3.01. The van der Waals surface area contributed by atoms with Crippen molar-refractivity contribution in [3.05, 3.63) is 42.6 Å². The molecule has 1 aliphatic rings. The Balaban J connectivity index is 1.83. The number of methoxy groups -OCH3 is 1. The van der Waals surface area contributed by atoms with Crippen LogP contribution in [-0.4, -0.2) is 34.8 Å². The molecule has 0 spiro atoms. The van der Waals surface area contributed by atoms with Crippen LogP contribution in [0.2, 0.25) is 0 Å². The summed E-state index contributed by atoms with van der Waals surface area (Å²) in [5.74, 6) is 1.98. The van der Waals surface area contributed by atoms with E-state index in [0.717, 1.165) is 41.6 Å². The molecule has 0 bridgehead atoms. The van der Waals surface area contributed by atoms with Crippen LogP contribution in [0.3, 0.4) is 0 Å². The Bertz CT molecular complexity index is 788. The molecule has 0 saturated carbocycles. The van der Waals surface area contributed by atoms with E-state index in [9.17, 15) is 0 Å². The van der Waals surface area contributed by atoms with Crippen LogP contribution in [0.25, 0.3) is 16.9 Å². The molecule has 0 amide bonds. The van der Waals surface area contributed by atoms with Crippen molar-refractivity contribution < 1.29 is 4.74 Å². The first-order valence-electron chi connectivity index (χ1n) is 7.59. The van der Waals surface area contributed by atoms with Crippen molar-refractivity contribution in [3.63, 3.8) is 0 Å². The lowest BCUT2D eigenvalue weighted by molar-refractivity contribution is 0.415. The molecule has 0 atom stereocenters. The van der Waals surface area contributed by atoms with Crippen LogP contribution >= 0.6 is 0 Å². The van der Waals surface area contributed by atoms with Gasteiger partial charge in [0, 0.05) is 30.8 Å². The molecule has 4 rings (SSSR count). The predicted molar refractivity (Wildman–Crippen MR) is 86.4 cm³/mol. The number of aromatic nitrogens is 3. The lowest BCUT2D eigenvalue weighted by atomic mass is 10.1. The van der Waals surface area contributed by atoms with Gasteiger partial charge >= 0.3 is 0 Å². The minimum atomic E-state index is 0.856. The van der Waals surface area contributed by atoms with Crippen molar-refractivity contribution in [2.24, 2.45) is 0 Å². The zero-order valence-corrected chi connectivity index (χ0v) is 12.6. The van der Waals surface area contributed by atoms with E-state index in [1.807, 2.05) is 34.8 Å². The lowest BCUT2D eigenvalue weighted by Gasteiger charge is -2.19. The summed E-state index contributed by atoms with van der Waals surface area (Å²) >= 11 is 0. The van der Waals surface area contributed by atoms with Crippen molar-refractivity contribution in [3.8, 4) is 17.0 Å². The van der Waals surface area contributed by atoms with E-state index >= 15 is 0 Å². The molecule has 0 aliphatic carbocycles. The molecule has 0 unspecified atom stereocenters. The van der Waals surface area contributed by atoms with Crippen molar-refractivity contribution in [1.29, 1.82) is 0 Å². The molecule has 3 aromatic rings. The molecule has 112 valence electrons. The van der Waals surface area contributed by atoms with Gasteiger partial charge in [-0.3, -0.25) is 0 Å². The smallest absolute Gasteiger partial charge is 0.157 e. The van der Waals surface area contributed by atoms with E-state index in [1.165, 1.54) is 12.8 Å². The van der Waals surface area contributed by atoms with Crippen molar-refractivity contribution in [2.75, 3.05) is 25.1 Å². The molecule has 1 saturated heterocycles.